The normalized spacial score (nSPS) is 13.3. The monoisotopic (exact) mass is 768 g/mol. The number of sulfonamides is 1. The fourth-order valence-corrected chi connectivity index (χ4v) is 7.01. The predicted octanol–water partition coefficient (Wildman–Crippen LogP) is 3.26. The first-order valence-electron chi connectivity index (χ1n) is 16.7. The number of amides is 1. The van der Waals surface area contributed by atoms with Crippen LogP contribution >= 0.6 is 0 Å². The van der Waals surface area contributed by atoms with Crippen LogP contribution in [0.4, 0.5) is 20.4 Å². The Labute approximate surface area is 310 Å². The van der Waals surface area contributed by atoms with Gasteiger partial charge in [0.2, 0.25) is 5.95 Å². The van der Waals surface area contributed by atoms with Gasteiger partial charge in [-0.05, 0) is 53.9 Å². The summed E-state index contributed by atoms with van der Waals surface area (Å²) in [5.74, 6) is -4.77. The van der Waals surface area contributed by atoms with Crippen LogP contribution in [-0.2, 0) is 28.3 Å². The molecule has 0 bridgehead atoms. The van der Waals surface area contributed by atoms with Gasteiger partial charge in [-0.1, -0.05) is 24.3 Å². The number of fused-ring (bicyclic) bond motifs is 1. The molecule has 4 heterocycles. The molecule has 0 aliphatic carbocycles. The second-order valence-corrected chi connectivity index (χ2v) is 14.3. The fourth-order valence-electron chi connectivity index (χ4n) is 5.95. The van der Waals surface area contributed by atoms with Gasteiger partial charge in [0, 0.05) is 56.8 Å². The molecule has 3 aromatic heterocycles. The molecular formula is C37H30F2N8O7S. The minimum Gasteiger partial charge on any atom is -0.480 e. The molecule has 1 atom stereocenters. The number of pyridine rings is 1. The van der Waals surface area contributed by atoms with Crippen LogP contribution in [0.1, 0.15) is 22.3 Å². The van der Waals surface area contributed by atoms with Gasteiger partial charge in [-0.25, -0.2) is 41.3 Å². The third-order valence-electron chi connectivity index (χ3n) is 9.13. The number of carboxylic acid groups (broad SMARTS) is 1. The summed E-state index contributed by atoms with van der Waals surface area (Å²) in [6.07, 6.45) is 6.82. The third kappa shape index (κ3) is 7.26. The molecule has 0 radical (unpaired) electrons. The lowest BCUT2D eigenvalue weighted by molar-refractivity contribution is -0.139. The summed E-state index contributed by atoms with van der Waals surface area (Å²) in [6, 6.07) is 12.2. The second kappa shape index (κ2) is 14.5. The van der Waals surface area contributed by atoms with Gasteiger partial charge in [0.25, 0.3) is 21.5 Å². The van der Waals surface area contributed by atoms with E-state index < -0.39 is 62.1 Å². The van der Waals surface area contributed by atoms with E-state index in [2.05, 4.69) is 20.3 Å². The van der Waals surface area contributed by atoms with E-state index in [9.17, 15) is 32.7 Å². The summed E-state index contributed by atoms with van der Waals surface area (Å²) in [6.45, 7) is 1.76. The quantitative estimate of drug-likeness (QED) is 0.175. The number of rotatable bonds is 11. The first kappa shape index (κ1) is 36.5. The number of anilines is 2. The van der Waals surface area contributed by atoms with E-state index in [1.807, 2.05) is 9.62 Å². The standard InChI is InChI=1S/C37H30F2N8O7S/c1-45-32-20-40-12-11-26(32)34(49)47(37(45)52)24-7-3-21(4-8-24)15-31(35(50)51)43-33(48)27-16-29(39)30(17-28(27)38)44-55(53,54)25-9-5-22(6-10-25)23-18-41-36(42-19-23)46-13-2-14-46/h3-12,16-20,31,44H,2,13-15H2,1H3,(H,43,48)(H,50,51)/t31-/m0/s1. The summed E-state index contributed by atoms with van der Waals surface area (Å²) >= 11 is 0. The SMILES string of the molecule is Cn1c(=O)n(-c2ccc(C[C@H](NC(=O)c3cc(F)c(NS(=O)(=O)c4ccc(-c5cnc(N6CCC6)nc5)cc4)cc3F)C(=O)O)cc2)c(=O)c2ccncc21. The van der Waals surface area contributed by atoms with Gasteiger partial charge < -0.3 is 15.3 Å². The molecule has 1 aliphatic heterocycles. The van der Waals surface area contributed by atoms with Crippen LogP contribution in [0.25, 0.3) is 27.7 Å². The Balaban J connectivity index is 1.03. The highest BCUT2D eigenvalue weighted by Crippen LogP contribution is 2.26. The Morgan fingerprint density at radius 1 is 0.909 bits per heavy atom. The Bertz CT molecular complexity index is 2700. The molecule has 1 saturated heterocycles. The van der Waals surface area contributed by atoms with Crippen LogP contribution in [0.15, 0.2) is 106 Å². The topological polar surface area (TPSA) is 198 Å². The highest BCUT2D eigenvalue weighted by atomic mass is 32.2. The molecule has 1 aliphatic rings. The predicted molar refractivity (Wildman–Crippen MR) is 197 cm³/mol. The highest BCUT2D eigenvalue weighted by Gasteiger charge is 2.26. The molecule has 280 valence electrons. The van der Waals surface area contributed by atoms with Crippen LogP contribution in [-0.4, -0.2) is 68.6 Å². The maximum atomic E-state index is 15.2. The van der Waals surface area contributed by atoms with Crippen LogP contribution in [0, 0.1) is 11.6 Å². The molecule has 3 aromatic carbocycles. The van der Waals surface area contributed by atoms with Gasteiger partial charge in [0.15, 0.2) is 0 Å². The van der Waals surface area contributed by atoms with E-state index in [1.54, 1.807) is 12.4 Å². The largest absolute Gasteiger partial charge is 0.480 e. The van der Waals surface area contributed by atoms with Crippen molar-refractivity contribution in [2.24, 2.45) is 7.05 Å². The van der Waals surface area contributed by atoms with Gasteiger partial charge in [-0.2, -0.15) is 0 Å². The maximum absolute atomic E-state index is 15.2. The summed E-state index contributed by atoms with van der Waals surface area (Å²) in [5, 5.41) is 12.2. The van der Waals surface area contributed by atoms with Crippen molar-refractivity contribution in [2.75, 3.05) is 22.7 Å². The number of carbonyl (C=O) groups is 2. The van der Waals surface area contributed by atoms with Crippen molar-refractivity contribution in [3.8, 4) is 16.8 Å². The van der Waals surface area contributed by atoms with Crippen molar-refractivity contribution in [1.82, 2.24) is 29.4 Å². The first-order valence-corrected chi connectivity index (χ1v) is 18.2. The van der Waals surface area contributed by atoms with E-state index in [-0.39, 0.29) is 22.4 Å². The lowest BCUT2D eigenvalue weighted by atomic mass is 10.0. The van der Waals surface area contributed by atoms with Crippen molar-refractivity contribution in [3.05, 3.63) is 135 Å². The maximum Gasteiger partial charge on any atom is 0.335 e. The number of carboxylic acids is 1. The van der Waals surface area contributed by atoms with Crippen molar-refractivity contribution >= 4 is 44.4 Å². The van der Waals surface area contributed by atoms with Crippen LogP contribution < -0.4 is 26.2 Å². The fraction of sp³-hybridized carbons (Fsp3) is 0.162. The molecule has 15 nitrogen and oxygen atoms in total. The number of halogens is 2. The van der Waals surface area contributed by atoms with Gasteiger partial charge in [-0.3, -0.25) is 23.9 Å². The molecule has 3 N–H and O–H groups in total. The van der Waals surface area contributed by atoms with Crippen LogP contribution in [0.3, 0.4) is 0 Å². The van der Waals surface area contributed by atoms with E-state index in [1.165, 1.54) is 78.6 Å². The number of nitrogens with one attached hydrogen (secondary N) is 2. The zero-order valence-corrected chi connectivity index (χ0v) is 29.6. The zero-order chi connectivity index (χ0) is 39.0. The minimum absolute atomic E-state index is 0.201. The molecule has 18 heteroatoms. The minimum atomic E-state index is -4.41. The van der Waals surface area contributed by atoms with Crippen molar-refractivity contribution in [2.45, 2.75) is 23.8 Å². The third-order valence-corrected chi connectivity index (χ3v) is 10.5. The Morgan fingerprint density at radius 2 is 1.60 bits per heavy atom. The molecule has 6 aromatic rings. The van der Waals surface area contributed by atoms with E-state index in [0.29, 0.717) is 40.3 Å². The summed E-state index contributed by atoms with van der Waals surface area (Å²) in [4.78, 5) is 65.6. The summed E-state index contributed by atoms with van der Waals surface area (Å²) < 4.78 is 60.7. The molecule has 0 spiro atoms. The van der Waals surface area contributed by atoms with Crippen LogP contribution in [0.5, 0.6) is 0 Å². The number of aromatic nitrogens is 5. The molecule has 7 rings (SSSR count). The summed E-state index contributed by atoms with van der Waals surface area (Å²) in [7, 11) is -2.92. The zero-order valence-electron chi connectivity index (χ0n) is 28.8. The van der Waals surface area contributed by atoms with Crippen molar-refractivity contribution < 1.29 is 31.9 Å². The Hall–Kier alpha value is -6.82. The van der Waals surface area contributed by atoms with Crippen LogP contribution in [0.2, 0.25) is 0 Å². The average molecular weight is 769 g/mol. The lowest BCUT2D eigenvalue weighted by Gasteiger charge is -2.30. The molecule has 1 amide bonds. The average Bonchev–Trinajstić information content (AvgIpc) is 3.15. The molecular weight excluding hydrogens is 739 g/mol. The van der Waals surface area contributed by atoms with Crippen molar-refractivity contribution in [1.29, 1.82) is 0 Å². The summed E-state index contributed by atoms with van der Waals surface area (Å²) in [5.41, 5.74) is -0.677. The molecule has 0 unspecified atom stereocenters. The molecule has 0 saturated carbocycles. The number of nitrogens with zero attached hydrogens (tertiary/aromatic N) is 6. The van der Waals surface area contributed by atoms with Crippen molar-refractivity contribution in [3.63, 3.8) is 0 Å². The van der Waals surface area contributed by atoms with Gasteiger partial charge in [0.05, 0.1) is 38.9 Å². The lowest BCUT2D eigenvalue weighted by Crippen LogP contribution is -2.42. The Morgan fingerprint density at radius 3 is 2.24 bits per heavy atom. The number of benzene rings is 3. The first-order chi connectivity index (χ1) is 26.3. The number of aliphatic carboxylic acids is 1. The van der Waals surface area contributed by atoms with E-state index in [4.69, 9.17) is 0 Å². The Kier molecular flexibility index (Phi) is 9.66. The number of carbonyl (C=O) groups excluding carboxylic acids is 1. The van der Waals surface area contributed by atoms with Gasteiger partial charge in [0.1, 0.15) is 17.7 Å². The number of aryl methyl sites for hydroxylation is 1. The molecule has 1 fully saturated rings. The second-order valence-electron chi connectivity index (χ2n) is 12.7. The van der Waals surface area contributed by atoms with E-state index >= 15 is 8.78 Å². The van der Waals surface area contributed by atoms with E-state index in [0.717, 1.165) is 24.1 Å². The smallest absolute Gasteiger partial charge is 0.335 e. The number of hydrogen-bond acceptors (Lipinski definition) is 10. The number of hydrogen-bond donors (Lipinski definition) is 3. The van der Waals surface area contributed by atoms with Gasteiger partial charge in [-0.15, -0.1) is 0 Å². The molecule has 55 heavy (non-hydrogen) atoms. The van der Waals surface area contributed by atoms with Gasteiger partial charge >= 0.3 is 11.7 Å². The highest BCUT2D eigenvalue weighted by molar-refractivity contribution is 7.92.